The van der Waals surface area contributed by atoms with Crippen LogP contribution in [0.1, 0.15) is 39.2 Å². The van der Waals surface area contributed by atoms with Crippen molar-refractivity contribution >= 4 is 12.2 Å². The number of oxime groups is 1. The summed E-state index contributed by atoms with van der Waals surface area (Å²) in [4.78, 5) is 15.9. The molecule has 1 aliphatic rings. The third-order valence-electron chi connectivity index (χ3n) is 4.49. The van der Waals surface area contributed by atoms with E-state index in [4.69, 9.17) is 14.7 Å². The van der Waals surface area contributed by atoms with Gasteiger partial charge in [0, 0.05) is 0 Å². The van der Waals surface area contributed by atoms with E-state index in [0.29, 0.717) is 6.61 Å². The van der Waals surface area contributed by atoms with Gasteiger partial charge in [0.25, 0.3) is 0 Å². The molecule has 134 valence electrons. The minimum Gasteiger partial charge on any atom is -0.489 e. The molecule has 5 heteroatoms. The molecule has 1 unspecified atom stereocenters. The lowest BCUT2D eigenvalue weighted by Crippen LogP contribution is -2.19. The summed E-state index contributed by atoms with van der Waals surface area (Å²) in [5.74, 6) is -0.254. The van der Waals surface area contributed by atoms with E-state index in [1.807, 2.05) is 38.1 Å². The van der Waals surface area contributed by atoms with Crippen LogP contribution < -0.4 is 4.74 Å². The third kappa shape index (κ3) is 5.21. The third-order valence-corrected chi connectivity index (χ3v) is 4.49. The van der Waals surface area contributed by atoms with Gasteiger partial charge in [0.2, 0.25) is 0 Å². The number of carbonyl (C=O) groups is 1. The molecule has 0 heterocycles. The minimum atomic E-state index is -1.13. The van der Waals surface area contributed by atoms with E-state index >= 15 is 0 Å². The zero-order valence-electron chi connectivity index (χ0n) is 15.2. The fourth-order valence-electron chi connectivity index (χ4n) is 2.83. The largest absolute Gasteiger partial charge is 0.489 e. The van der Waals surface area contributed by atoms with Gasteiger partial charge in [-0.15, -0.1) is 0 Å². The van der Waals surface area contributed by atoms with Crippen molar-refractivity contribution in [2.24, 2.45) is 5.16 Å². The lowest BCUT2D eigenvalue weighted by atomic mass is 9.85. The van der Waals surface area contributed by atoms with Crippen molar-refractivity contribution in [3.63, 3.8) is 0 Å². The van der Waals surface area contributed by atoms with Gasteiger partial charge in [-0.3, -0.25) is 0 Å². The standard InChI is InChI=1S/C20H25NO4/c1-13-7-5-6-8-19(13)24-12-17-9-14(2)15(3)10-18(17)16(4)25-21-11-20(22)23/h5-8,11,16H,9-10,12H2,1-4H3,(H,22,23)/b21-11-. The molecule has 0 radical (unpaired) electrons. The maximum atomic E-state index is 10.5. The van der Waals surface area contributed by atoms with Crippen molar-refractivity contribution < 1.29 is 19.5 Å². The normalized spacial score (nSPS) is 16.3. The number of rotatable bonds is 7. The van der Waals surface area contributed by atoms with E-state index in [1.165, 1.54) is 16.7 Å². The number of hydrogen-bond donors (Lipinski definition) is 1. The van der Waals surface area contributed by atoms with Crippen LogP contribution in [-0.4, -0.2) is 30.0 Å². The van der Waals surface area contributed by atoms with Gasteiger partial charge in [-0.1, -0.05) is 34.5 Å². The molecular formula is C20H25NO4. The summed E-state index contributed by atoms with van der Waals surface area (Å²) < 4.78 is 6.01. The Kier molecular flexibility index (Phi) is 6.39. The van der Waals surface area contributed by atoms with Crippen LogP contribution in [0.15, 0.2) is 51.7 Å². The van der Waals surface area contributed by atoms with Crippen molar-refractivity contribution in [1.29, 1.82) is 0 Å². The minimum absolute atomic E-state index is 0.297. The van der Waals surface area contributed by atoms with Crippen LogP contribution in [0.5, 0.6) is 5.75 Å². The van der Waals surface area contributed by atoms with E-state index < -0.39 is 5.97 Å². The Morgan fingerprint density at radius 1 is 1.24 bits per heavy atom. The van der Waals surface area contributed by atoms with Gasteiger partial charge >= 0.3 is 5.97 Å². The summed E-state index contributed by atoms with van der Waals surface area (Å²) in [6.07, 6.45) is 2.09. The number of para-hydroxylation sites is 1. The summed E-state index contributed by atoms with van der Waals surface area (Å²) in [6, 6.07) is 7.93. The molecule has 1 aliphatic carbocycles. The van der Waals surface area contributed by atoms with E-state index in [9.17, 15) is 4.79 Å². The molecule has 0 saturated heterocycles. The van der Waals surface area contributed by atoms with Crippen molar-refractivity contribution in [3.8, 4) is 5.75 Å². The molecule has 0 fully saturated rings. The van der Waals surface area contributed by atoms with Crippen molar-refractivity contribution in [1.82, 2.24) is 0 Å². The topological polar surface area (TPSA) is 68.1 Å². The Bertz CT molecular complexity index is 731. The molecule has 1 aromatic rings. The van der Waals surface area contributed by atoms with Crippen LogP contribution >= 0.6 is 0 Å². The number of benzene rings is 1. The summed E-state index contributed by atoms with van der Waals surface area (Å²) in [5, 5.41) is 12.2. The fraction of sp³-hybridized carbons (Fsp3) is 0.400. The SMILES string of the molecule is CC1=C(C)CC(C(C)O/N=C\C(=O)O)=C(COc2ccccc2C)C1. The first-order valence-corrected chi connectivity index (χ1v) is 8.35. The molecule has 0 spiro atoms. The van der Waals surface area contributed by atoms with E-state index in [2.05, 4.69) is 19.0 Å². The quantitative estimate of drug-likeness (QED) is 0.456. The molecule has 25 heavy (non-hydrogen) atoms. The molecule has 0 saturated carbocycles. The van der Waals surface area contributed by atoms with Gasteiger partial charge in [0.15, 0.2) is 6.21 Å². The highest BCUT2D eigenvalue weighted by molar-refractivity contribution is 6.21. The lowest BCUT2D eigenvalue weighted by Gasteiger charge is -2.26. The van der Waals surface area contributed by atoms with Crippen LogP contribution in [0.2, 0.25) is 0 Å². The van der Waals surface area contributed by atoms with Crippen LogP contribution in [0.3, 0.4) is 0 Å². The fourth-order valence-corrected chi connectivity index (χ4v) is 2.83. The summed E-state index contributed by atoms with van der Waals surface area (Å²) in [6.45, 7) is 8.64. The number of allylic oxidation sites excluding steroid dienone is 2. The van der Waals surface area contributed by atoms with Crippen LogP contribution in [-0.2, 0) is 9.63 Å². The molecule has 0 bridgehead atoms. The maximum absolute atomic E-state index is 10.5. The second-order valence-corrected chi connectivity index (χ2v) is 6.42. The highest BCUT2D eigenvalue weighted by Crippen LogP contribution is 2.33. The molecule has 0 amide bonds. The number of carboxylic acid groups (broad SMARTS) is 1. The summed E-state index contributed by atoms with van der Waals surface area (Å²) in [7, 11) is 0. The van der Waals surface area contributed by atoms with Gasteiger partial charge in [-0.25, -0.2) is 4.79 Å². The predicted octanol–water partition coefficient (Wildman–Crippen LogP) is 4.28. The number of hydrogen-bond acceptors (Lipinski definition) is 4. The van der Waals surface area contributed by atoms with Crippen molar-refractivity contribution in [3.05, 3.63) is 52.1 Å². The second-order valence-electron chi connectivity index (χ2n) is 6.42. The average molecular weight is 343 g/mol. The van der Waals surface area contributed by atoms with Crippen LogP contribution in [0.4, 0.5) is 0 Å². The zero-order valence-corrected chi connectivity index (χ0v) is 15.2. The molecule has 1 N–H and O–H groups in total. The Morgan fingerprint density at radius 3 is 2.60 bits per heavy atom. The second kappa shape index (κ2) is 8.51. The molecular weight excluding hydrogens is 318 g/mol. The molecule has 1 atom stereocenters. The Morgan fingerprint density at radius 2 is 1.92 bits per heavy atom. The first-order valence-electron chi connectivity index (χ1n) is 8.35. The average Bonchev–Trinajstić information content (AvgIpc) is 2.56. The molecule has 5 nitrogen and oxygen atoms in total. The molecule has 0 aliphatic heterocycles. The highest BCUT2D eigenvalue weighted by Gasteiger charge is 2.22. The number of carboxylic acids is 1. The highest BCUT2D eigenvalue weighted by atomic mass is 16.6. The van der Waals surface area contributed by atoms with Crippen molar-refractivity contribution in [2.75, 3.05) is 6.61 Å². The Labute approximate surface area is 148 Å². The van der Waals surface area contributed by atoms with Gasteiger partial charge in [-0.2, -0.15) is 0 Å². The van der Waals surface area contributed by atoms with E-state index in [0.717, 1.165) is 35.9 Å². The molecule has 1 aromatic carbocycles. The number of nitrogens with zero attached hydrogens (tertiary/aromatic N) is 1. The summed E-state index contributed by atoms with van der Waals surface area (Å²) >= 11 is 0. The monoisotopic (exact) mass is 343 g/mol. The molecule has 2 rings (SSSR count). The van der Waals surface area contributed by atoms with Crippen LogP contribution in [0, 0.1) is 6.92 Å². The summed E-state index contributed by atoms with van der Waals surface area (Å²) in [5.41, 5.74) is 6.03. The van der Waals surface area contributed by atoms with Crippen LogP contribution in [0.25, 0.3) is 0 Å². The first-order chi connectivity index (χ1) is 11.9. The smallest absolute Gasteiger partial charge is 0.350 e. The zero-order chi connectivity index (χ0) is 18.4. The number of ether oxygens (including phenoxy) is 1. The number of aryl methyl sites for hydroxylation is 1. The predicted molar refractivity (Wildman–Crippen MR) is 98.0 cm³/mol. The van der Waals surface area contributed by atoms with Gasteiger partial charge < -0.3 is 14.7 Å². The lowest BCUT2D eigenvalue weighted by molar-refractivity contribution is -0.129. The Hall–Kier alpha value is -2.56. The van der Waals surface area contributed by atoms with Gasteiger partial charge in [-0.05, 0) is 63.3 Å². The number of aliphatic carboxylic acids is 1. The van der Waals surface area contributed by atoms with Crippen molar-refractivity contribution in [2.45, 2.75) is 46.6 Å². The van der Waals surface area contributed by atoms with E-state index in [1.54, 1.807) is 0 Å². The Balaban J connectivity index is 2.15. The van der Waals surface area contributed by atoms with Gasteiger partial charge in [0.05, 0.1) is 0 Å². The first kappa shape index (κ1) is 18.8. The van der Waals surface area contributed by atoms with E-state index in [-0.39, 0.29) is 6.10 Å². The molecule has 0 aromatic heterocycles. The maximum Gasteiger partial charge on any atom is 0.350 e. The van der Waals surface area contributed by atoms with Gasteiger partial charge in [0.1, 0.15) is 18.5 Å².